The number of alkyl halides is 3. The van der Waals surface area contributed by atoms with E-state index in [1.807, 2.05) is 25.1 Å². The Morgan fingerprint density at radius 2 is 1.71 bits per heavy atom. The maximum Gasteiger partial charge on any atom is 0.416 e. The molecule has 0 aliphatic heterocycles. The number of carbonyl (C=O) groups excluding carboxylic acids is 2. The molecule has 0 saturated heterocycles. The van der Waals surface area contributed by atoms with E-state index in [9.17, 15) is 22.8 Å². The summed E-state index contributed by atoms with van der Waals surface area (Å²) in [7, 11) is 0. The second-order valence-electron chi connectivity index (χ2n) is 6.32. The number of benzene rings is 2. The van der Waals surface area contributed by atoms with Gasteiger partial charge in [0.1, 0.15) is 0 Å². The van der Waals surface area contributed by atoms with Crippen molar-refractivity contribution < 1.29 is 22.8 Å². The molecule has 2 amide bonds. The third-order valence-corrected chi connectivity index (χ3v) is 4.79. The Morgan fingerprint density at radius 3 is 2.39 bits per heavy atom. The molecule has 2 N–H and O–H groups in total. The van der Waals surface area contributed by atoms with E-state index in [1.165, 1.54) is 12.1 Å². The molecular weight excluding hydrogens is 389 g/mol. The molecule has 0 bridgehead atoms. The van der Waals surface area contributed by atoms with Gasteiger partial charge in [-0.15, -0.1) is 11.8 Å². The number of hydrogen-bond donors (Lipinski definition) is 2. The van der Waals surface area contributed by atoms with Crippen molar-refractivity contribution in [3.05, 3.63) is 65.2 Å². The number of nitrogens with one attached hydrogen (secondary N) is 2. The molecule has 1 unspecified atom stereocenters. The van der Waals surface area contributed by atoms with Crippen molar-refractivity contribution in [3.63, 3.8) is 0 Å². The molecule has 0 radical (unpaired) electrons. The largest absolute Gasteiger partial charge is 0.416 e. The van der Waals surface area contributed by atoms with Crippen molar-refractivity contribution in [2.75, 3.05) is 16.8 Å². The number of carbonyl (C=O) groups is 2. The lowest BCUT2D eigenvalue weighted by Crippen LogP contribution is -2.29. The smallest absolute Gasteiger partial charge is 0.349 e. The van der Waals surface area contributed by atoms with Crippen LogP contribution < -0.4 is 10.6 Å². The molecule has 2 aromatic carbocycles. The van der Waals surface area contributed by atoms with E-state index in [-0.39, 0.29) is 23.3 Å². The van der Waals surface area contributed by atoms with Crippen LogP contribution in [0.4, 0.5) is 18.9 Å². The Bertz CT molecular complexity index is 840. The number of aryl methyl sites for hydroxylation is 1. The summed E-state index contributed by atoms with van der Waals surface area (Å²) in [4.78, 5) is 23.9. The van der Waals surface area contributed by atoms with Gasteiger partial charge in [0.25, 0.3) is 0 Å². The third kappa shape index (κ3) is 6.92. The predicted molar refractivity (Wildman–Crippen MR) is 105 cm³/mol. The van der Waals surface area contributed by atoms with E-state index >= 15 is 0 Å². The summed E-state index contributed by atoms with van der Waals surface area (Å²) in [6.07, 6.45) is -4.43. The molecule has 1 atom stereocenters. The molecule has 4 nitrogen and oxygen atoms in total. The normalized spacial score (nSPS) is 12.3. The molecule has 8 heteroatoms. The van der Waals surface area contributed by atoms with E-state index in [2.05, 4.69) is 10.6 Å². The Hall–Kier alpha value is -2.48. The maximum atomic E-state index is 12.8. The maximum absolute atomic E-state index is 12.8. The number of amides is 2. The van der Waals surface area contributed by atoms with Gasteiger partial charge in [0.15, 0.2) is 0 Å². The summed E-state index contributed by atoms with van der Waals surface area (Å²) < 4.78 is 38.4. The van der Waals surface area contributed by atoms with Crippen LogP contribution in [0.2, 0.25) is 0 Å². The Labute approximate surface area is 165 Å². The topological polar surface area (TPSA) is 58.2 Å². The summed E-state index contributed by atoms with van der Waals surface area (Å²) in [5, 5.41) is 5.39. The minimum atomic E-state index is -4.43. The first kappa shape index (κ1) is 21.8. The average Bonchev–Trinajstić information content (AvgIpc) is 2.61. The van der Waals surface area contributed by atoms with Crippen molar-refractivity contribution in [1.82, 2.24) is 5.32 Å². The van der Waals surface area contributed by atoms with E-state index < -0.39 is 17.8 Å². The van der Waals surface area contributed by atoms with Crippen molar-refractivity contribution in [3.8, 4) is 0 Å². The van der Waals surface area contributed by atoms with Gasteiger partial charge in [-0.1, -0.05) is 24.3 Å². The van der Waals surface area contributed by atoms with Gasteiger partial charge in [-0.05, 0) is 49.2 Å². The molecular formula is C20H21F3N2O2S. The van der Waals surface area contributed by atoms with Crippen LogP contribution in [0.3, 0.4) is 0 Å². The first-order valence-corrected chi connectivity index (χ1v) is 9.71. The van der Waals surface area contributed by atoms with Gasteiger partial charge in [0.2, 0.25) is 11.8 Å². The van der Waals surface area contributed by atoms with Crippen LogP contribution in [-0.2, 0) is 15.8 Å². The molecule has 2 aromatic rings. The molecule has 0 heterocycles. The van der Waals surface area contributed by atoms with Crippen LogP contribution in [0, 0.1) is 6.92 Å². The Balaban J connectivity index is 1.78. The molecule has 150 valence electrons. The third-order valence-electron chi connectivity index (χ3n) is 3.86. The monoisotopic (exact) mass is 410 g/mol. The number of hydrogen-bond acceptors (Lipinski definition) is 3. The van der Waals surface area contributed by atoms with Crippen molar-refractivity contribution in [2.24, 2.45) is 0 Å². The van der Waals surface area contributed by atoms with Gasteiger partial charge >= 0.3 is 6.18 Å². The van der Waals surface area contributed by atoms with Crippen molar-refractivity contribution >= 4 is 29.3 Å². The van der Waals surface area contributed by atoms with Gasteiger partial charge in [-0.25, -0.2) is 0 Å². The Kier molecular flexibility index (Phi) is 7.51. The van der Waals surface area contributed by atoms with Crippen LogP contribution in [0.15, 0.2) is 48.5 Å². The first-order chi connectivity index (χ1) is 13.1. The molecule has 2 rings (SSSR count). The molecule has 0 fully saturated rings. The molecule has 0 spiro atoms. The number of halogens is 3. The zero-order chi connectivity index (χ0) is 20.7. The van der Waals surface area contributed by atoms with Crippen LogP contribution >= 0.6 is 11.8 Å². The summed E-state index contributed by atoms with van der Waals surface area (Å²) >= 11 is 1.13. The number of rotatable bonds is 7. The van der Waals surface area contributed by atoms with E-state index in [4.69, 9.17) is 0 Å². The quantitative estimate of drug-likeness (QED) is 0.703. The summed E-state index contributed by atoms with van der Waals surface area (Å²) in [6, 6.07) is 11.6. The first-order valence-electron chi connectivity index (χ1n) is 8.56. The molecule has 28 heavy (non-hydrogen) atoms. The number of anilines is 1. The zero-order valence-electron chi connectivity index (χ0n) is 15.5. The highest BCUT2D eigenvalue weighted by Crippen LogP contribution is 2.30. The van der Waals surface area contributed by atoms with Crippen LogP contribution in [0.25, 0.3) is 0 Å². The molecule has 0 aromatic heterocycles. The highest BCUT2D eigenvalue weighted by molar-refractivity contribution is 8.00. The fraction of sp³-hybridized carbons (Fsp3) is 0.300. The van der Waals surface area contributed by atoms with Gasteiger partial charge in [0.05, 0.1) is 23.1 Å². The van der Waals surface area contributed by atoms with Crippen molar-refractivity contribution in [2.45, 2.75) is 26.1 Å². The Morgan fingerprint density at radius 1 is 1.04 bits per heavy atom. The van der Waals surface area contributed by atoms with Gasteiger partial charge in [0, 0.05) is 5.69 Å². The van der Waals surface area contributed by atoms with Gasteiger partial charge < -0.3 is 10.6 Å². The number of thioether (sulfide) groups is 1. The SMILES string of the molecule is Cc1cccc(NC(=O)CSCC(=O)NC(C)c2cccc(C(F)(F)F)c2)c1. The van der Waals surface area contributed by atoms with Crippen LogP contribution in [0.5, 0.6) is 0 Å². The fourth-order valence-electron chi connectivity index (χ4n) is 2.51. The fourth-order valence-corrected chi connectivity index (χ4v) is 3.14. The summed E-state index contributed by atoms with van der Waals surface area (Å²) in [5.74, 6) is -0.447. The van der Waals surface area contributed by atoms with E-state index in [1.54, 1.807) is 13.0 Å². The van der Waals surface area contributed by atoms with Crippen molar-refractivity contribution in [1.29, 1.82) is 0 Å². The van der Waals surface area contributed by atoms with Crippen LogP contribution in [-0.4, -0.2) is 23.3 Å². The molecule has 0 aliphatic rings. The zero-order valence-corrected chi connectivity index (χ0v) is 16.3. The lowest BCUT2D eigenvalue weighted by molar-refractivity contribution is -0.137. The lowest BCUT2D eigenvalue weighted by Gasteiger charge is -2.16. The van der Waals surface area contributed by atoms with Crippen LogP contribution in [0.1, 0.15) is 29.7 Å². The second-order valence-corrected chi connectivity index (χ2v) is 7.31. The standard InChI is InChI=1S/C20H21F3N2O2S/c1-13-5-3-8-17(9-13)25-19(27)12-28-11-18(26)24-14(2)15-6-4-7-16(10-15)20(21,22)23/h3-10,14H,11-12H2,1-2H3,(H,24,26)(H,25,27). The predicted octanol–water partition coefficient (Wildman–Crippen LogP) is 4.56. The minimum absolute atomic E-state index is 0.0323. The molecule has 0 saturated carbocycles. The average molecular weight is 410 g/mol. The summed E-state index contributed by atoms with van der Waals surface area (Å²) in [5.41, 5.74) is 1.32. The summed E-state index contributed by atoms with van der Waals surface area (Å²) in [6.45, 7) is 3.53. The van der Waals surface area contributed by atoms with E-state index in [0.717, 1.165) is 29.5 Å². The van der Waals surface area contributed by atoms with Gasteiger partial charge in [-0.2, -0.15) is 13.2 Å². The second kappa shape index (κ2) is 9.64. The highest BCUT2D eigenvalue weighted by atomic mass is 32.2. The lowest BCUT2D eigenvalue weighted by atomic mass is 10.0. The highest BCUT2D eigenvalue weighted by Gasteiger charge is 2.30. The van der Waals surface area contributed by atoms with E-state index in [0.29, 0.717) is 11.3 Å². The van der Waals surface area contributed by atoms with Gasteiger partial charge in [-0.3, -0.25) is 9.59 Å². The molecule has 0 aliphatic carbocycles. The minimum Gasteiger partial charge on any atom is -0.349 e.